The lowest BCUT2D eigenvalue weighted by molar-refractivity contribution is 0.278. The first-order chi connectivity index (χ1) is 9.79. The van der Waals surface area contributed by atoms with E-state index in [-0.39, 0.29) is 0 Å². The summed E-state index contributed by atoms with van der Waals surface area (Å²) in [4.78, 5) is 8.72. The van der Waals surface area contributed by atoms with E-state index in [1.54, 1.807) is 0 Å². The summed E-state index contributed by atoms with van der Waals surface area (Å²) in [6.07, 6.45) is 9.80. The number of nitrogens with zero attached hydrogens (tertiary/aromatic N) is 2. The van der Waals surface area contributed by atoms with Gasteiger partial charge in [0.15, 0.2) is 5.65 Å². The molecule has 1 aliphatic carbocycles. The first-order valence-electron chi connectivity index (χ1n) is 7.74. The molecule has 2 heterocycles. The van der Waals surface area contributed by atoms with Crippen molar-refractivity contribution in [3.63, 3.8) is 0 Å². The van der Waals surface area contributed by atoms with E-state index < -0.39 is 0 Å². The van der Waals surface area contributed by atoms with Crippen molar-refractivity contribution in [2.45, 2.75) is 51.0 Å². The lowest BCUT2D eigenvalue weighted by Crippen LogP contribution is -2.32. The van der Waals surface area contributed by atoms with E-state index in [0.717, 1.165) is 12.1 Å². The molecule has 3 nitrogen and oxygen atoms in total. The Morgan fingerprint density at radius 2 is 1.90 bits per heavy atom. The monoisotopic (exact) mass is 269 g/mol. The van der Waals surface area contributed by atoms with Crippen LogP contribution in [0.2, 0.25) is 0 Å². The van der Waals surface area contributed by atoms with Crippen molar-refractivity contribution in [3.05, 3.63) is 36.2 Å². The molecule has 20 heavy (non-hydrogen) atoms. The highest BCUT2D eigenvalue weighted by Crippen LogP contribution is 2.39. The summed E-state index contributed by atoms with van der Waals surface area (Å²) in [5, 5.41) is 1.22. The lowest BCUT2D eigenvalue weighted by Gasteiger charge is -2.32. The summed E-state index contributed by atoms with van der Waals surface area (Å²) < 4.78 is 0. The number of nitrogens with two attached hydrogens (primary N) is 1. The molecular weight excluding hydrogens is 246 g/mol. The Morgan fingerprint density at radius 1 is 1.15 bits per heavy atom. The summed E-state index contributed by atoms with van der Waals surface area (Å²) in [5.74, 6) is 1.35. The van der Waals surface area contributed by atoms with E-state index in [9.17, 15) is 0 Å². The predicted molar refractivity (Wildman–Crippen MR) is 82.5 cm³/mol. The molecule has 3 rings (SSSR count). The molecule has 0 radical (unpaired) electrons. The smallest absolute Gasteiger partial charge is 0.159 e. The summed E-state index contributed by atoms with van der Waals surface area (Å²) in [7, 11) is 0. The maximum absolute atomic E-state index is 6.20. The van der Waals surface area contributed by atoms with Crippen LogP contribution in [0.1, 0.15) is 50.5 Å². The van der Waals surface area contributed by atoms with Crippen LogP contribution in [0.15, 0.2) is 30.6 Å². The Labute approximate surface area is 120 Å². The lowest BCUT2D eigenvalue weighted by atomic mass is 9.75. The topological polar surface area (TPSA) is 51.8 Å². The molecule has 106 valence electrons. The molecule has 1 unspecified atom stereocenters. The van der Waals surface area contributed by atoms with Crippen molar-refractivity contribution in [3.8, 4) is 0 Å². The normalized spacial score (nSPS) is 24.7. The fourth-order valence-electron chi connectivity index (χ4n) is 3.55. The maximum atomic E-state index is 6.20. The van der Waals surface area contributed by atoms with Crippen LogP contribution >= 0.6 is 0 Å². The van der Waals surface area contributed by atoms with Gasteiger partial charge in [0.1, 0.15) is 0 Å². The largest absolute Gasteiger partial charge is 0.327 e. The molecule has 0 bridgehead atoms. The van der Waals surface area contributed by atoms with Gasteiger partial charge >= 0.3 is 0 Å². The second-order valence-electron chi connectivity index (χ2n) is 5.96. The Bertz CT molecular complexity index is 568. The molecule has 0 amide bonds. The average Bonchev–Trinajstić information content (AvgIpc) is 2.54. The van der Waals surface area contributed by atoms with Crippen molar-refractivity contribution in [2.24, 2.45) is 11.7 Å². The molecule has 3 heteroatoms. The number of hydrogen-bond donors (Lipinski definition) is 1. The van der Waals surface area contributed by atoms with E-state index in [0.29, 0.717) is 17.9 Å². The number of rotatable bonds is 3. The summed E-state index contributed by atoms with van der Waals surface area (Å²) in [5.41, 5.74) is 8.50. The summed E-state index contributed by atoms with van der Waals surface area (Å²) >= 11 is 0. The van der Waals surface area contributed by atoms with Gasteiger partial charge in [0.25, 0.3) is 0 Å². The van der Waals surface area contributed by atoms with Crippen LogP contribution in [0, 0.1) is 5.92 Å². The van der Waals surface area contributed by atoms with E-state index in [4.69, 9.17) is 5.73 Å². The zero-order chi connectivity index (χ0) is 13.9. The fraction of sp³-hybridized carbons (Fsp3) is 0.529. The zero-order valence-electron chi connectivity index (χ0n) is 12.1. The Kier molecular flexibility index (Phi) is 3.97. The van der Waals surface area contributed by atoms with Crippen molar-refractivity contribution in [1.82, 2.24) is 9.97 Å². The molecule has 1 saturated carbocycles. The zero-order valence-corrected chi connectivity index (χ0v) is 12.1. The van der Waals surface area contributed by atoms with E-state index >= 15 is 0 Å². The minimum absolute atomic E-state index is 0.381. The molecule has 2 aromatic heterocycles. The number of aromatic nitrogens is 2. The third-order valence-electron chi connectivity index (χ3n) is 4.84. The number of pyridine rings is 2. The van der Waals surface area contributed by atoms with Crippen LogP contribution < -0.4 is 5.73 Å². The minimum atomic E-state index is 0.381. The number of hydrogen-bond acceptors (Lipinski definition) is 3. The van der Waals surface area contributed by atoms with E-state index in [1.807, 2.05) is 18.5 Å². The van der Waals surface area contributed by atoms with Crippen LogP contribution in [0.3, 0.4) is 0 Å². The van der Waals surface area contributed by atoms with E-state index in [1.165, 1.54) is 36.6 Å². The average molecular weight is 269 g/mol. The van der Waals surface area contributed by atoms with Gasteiger partial charge in [-0.05, 0) is 67.7 Å². The number of fused-ring (bicyclic) bond motifs is 1. The van der Waals surface area contributed by atoms with E-state index in [2.05, 4.69) is 29.0 Å². The van der Waals surface area contributed by atoms with Gasteiger partial charge in [0.2, 0.25) is 0 Å². The van der Waals surface area contributed by atoms with Gasteiger partial charge in [0, 0.05) is 23.8 Å². The molecule has 0 aromatic carbocycles. The molecule has 0 aliphatic heterocycles. The Balaban J connectivity index is 1.80. The van der Waals surface area contributed by atoms with Crippen molar-refractivity contribution >= 4 is 11.0 Å². The SMILES string of the molecule is CCC(N)C1CCC(c2ccnc3ncccc23)CC1. The molecule has 2 aromatic rings. The second kappa shape index (κ2) is 5.88. The van der Waals surface area contributed by atoms with Gasteiger partial charge in [-0.15, -0.1) is 0 Å². The molecular formula is C17H23N3. The van der Waals surface area contributed by atoms with Crippen molar-refractivity contribution < 1.29 is 0 Å². The Hall–Kier alpha value is -1.48. The first-order valence-corrected chi connectivity index (χ1v) is 7.74. The van der Waals surface area contributed by atoms with Crippen LogP contribution in [-0.4, -0.2) is 16.0 Å². The minimum Gasteiger partial charge on any atom is -0.327 e. The molecule has 0 spiro atoms. The highest BCUT2D eigenvalue weighted by molar-refractivity contribution is 5.78. The van der Waals surface area contributed by atoms with Gasteiger partial charge in [-0.2, -0.15) is 0 Å². The van der Waals surface area contributed by atoms with Crippen LogP contribution in [0.4, 0.5) is 0 Å². The molecule has 2 N–H and O–H groups in total. The highest BCUT2D eigenvalue weighted by Gasteiger charge is 2.26. The third-order valence-corrected chi connectivity index (χ3v) is 4.84. The van der Waals surface area contributed by atoms with Gasteiger partial charge in [-0.3, -0.25) is 0 Å². The first kappa shape index (κ1) is 13.5. The molecule has 1 atom stereocenters. The van der Waals surface area contributed by atoms with Gasteiger partial charge in [0.05, 0.1) is 0 Å². The highest BCUT2D eigenvalue weighted by atomic mass is 14.8. The van der Waals surface area contributed by atoms with Crippen LogP contribution in [-0.2, 0) is 0 Å². The Morgan fingerprint density at radius 3 is 2.65 bits per heavy atom. The third kappa shape index (κ3) is 2.55. The predicted octanol–water partition coefficient (Wildman–Crippen LogP) is 3.64. The standard InChI is InChI=1S/C17H23N3/c1-2-16(18)13-7-5-12(6-8-13)14-9-11-20-17-15(14)4-3-10-19-17/h3-4,9-13,16H,2,5-8,18H2,1H3. The summed E-state index contributed by atoms with van der Waals surface area (Å²) in [6, 6.07) is 6.71. The summed E-state index contributed by atoms with van der Waals surface area (Å²) in [6.45, 7) is 2.19. The maximum Gasteiger partial charge on any atom is 0.159 e. The van der Waals surface area contributed by atoms with Gasteiger partial charge in [-0.25, -0.2) is 9.97 Å². The molecule has 0 saturated heterocycles. The molecule has 1 aliphatic rings. The van der Waals surface area contributed by atoms with Crippen molar-refractivity contribution in [1.29, 1.82) is 0 Å². The van der Waals surface area contributed by atoms with Crippen LogP contribution in [0.5, 0.6) is 0 Å². The quantitative estimate of drug-likeness (QED) is 0.925. The van der Waals surface area contributed by atoms with Crippen molar-refractivity contribution in [2.75, 3.05) is 0 Å². The molecule has 1 fully saturated rings. The second-order valence-corrected chi connectivity index (χ2v) is 5.96. The fourth-order valence-corrected chi connectivity index (χ4v) is 3.55. The van der Waals surface area contributed by atoms with Crippen LogP contribution in [0.25, 0.3) is 11.0 Å². The van der Waals surface area contributed by atoms with Gasteiger partial charge < -0.3 is 5.73 Å². The van der Waals surface area contributed by atoms with Gasteiger partial charge in [-0.1, -0.05) is 6.92 Å².